The molecule has 0 amide bonds. The Bertz CT molecular complexity index is 819. The molecule has 7 heteroatoms. The van der Waals surface area contributed by atoms with Gasteiger partial charge < -0.3 is 10.1 Å². The van der Waals surface area contributed by atoms with Crippen molar-refractivity contribution in [1.29, 1.82) is 0 Å². The van der Waals surface area contributed by atoms with Crippen LogP contribution in [0.25, 0.3) is 10.2 Å². The molecule has 0 saturated carbocycles. The third-order valence-corrected chi connectivity index (χ3v) is 4.31. The largest absolute Gasteiger partial charge is 0.495 e. The van der Waals surface area contributed by atoms with Gasteiger partial charge in [-0.2, -0.15) is 4.98 Å². The predicted molar refractivity (Wildman–Crippen MR) is 88.4 cm³/mol. The van der Waals surface area contributed by atoms with Gasteiger partial charge in [-0.15, -0.1) is 11.3 Å². The van der Waals surface area contributed by atoms with Gasteiger partial charge in [0.1, 0.15) is 16.4 Å². The summed E-state index contributed by atoms with van der Waals surface area (Å²) < 4.78 is 5.14. The zero-order chi connectivity index (χ0) is 15.0. The monoisotopic (exact) mass is 339 g/mol. The lowest BCUT2D eigenvalue weighted by molar-refractivity contribution is 0.415. The van der Waals surface area contributed by atoms with Crippen LogP contribution in [0.1, 0.15) is 4.88 Å². The Morgan fingerprint density at radius 1 is 1.19 bits per heavy atom. The number of fused-ring (bicyclic) bond motifs is 1. The normalized spacial score (nSPS) is 10.9. The molecule has 21 heavy (non-hydrogen) atoms. The number of benzene rings is 1. The molecular formula is C14H11Cl2N3OS. The summed E-state index contributed by atoms with van der Waals surface area (Å²) in [7, 11) is 1.58. The van der Waals surface area contributed by atoms with E-state index in [-0.39, 0.29) is 5.28 Å². The topological polar surface area (TPSA) is 47.0 Å². The van der Waals surface area contributed by atoms with Crippen LogP contribution in [0.15, 0.2) is 24.3 Å². The van der Waals surface area contributed by atoms with Crippen molar-refractivity contribution in [3.05, 3.63) is 39.4 Å². The highest BCUT2D eigenvalue weighted by molar-refractivity contribution is 7.18. The van der Waals surface area contributed by atoms with Crippen LogP contribution in [-0.2, 0) is 0 Å². The molecule has 0 aliphatic rings. The van der Waals surface area contributed by atoms with E-state index < -0.39 is 0 Å². The molecule has 1 N–H and O–H groups in total. The molecule has 2 aromatic heterocycles. The number of hydrogen-bond acceptors (Lipinski definition) is 5. The van der Waals surface area contributed by atoms with Crippen molar-refractivity contribution in [2.45, 2.75) is 6.92 Å². The number of ether oxygens (including phenoxy) is 1. The predicted octanol–water partition coefficient (Wildman–Crippen LogP) is 5.06. The van der Waals surface area contributed by atoms with Gasteiger partial charge in [0.2, 0.25) is 5.28 Å². The van der Waals surface area contributed by atoms with E-state index in [9.17, 15) is 0 Å². The van der Waals surface area contributed by atoms with Gasteiger partial charge in [-0.05, 0) is 42.8 Å². The van der Waals surface area contributed by atoms with Crippen LogP contribution in [0, 0.1) is 6.92 Å². The number of nitrogens with zero attached hydrogens (tertiary/aromatic N) is 2. The van der Waals surface area contributed by atoms with E-state index >= 15 is 0 Å². The van der Waals surface area contributed by atoms with Crippen LogP contribution in [-0.4, -0.2) is 17.1 Å². The van der Waals surface area contributed by atoms with E-state index in [2.05, 4.69) is 15.3 Å². The molecule has 0 fully saturated rings. The summed E-state index contributed by atoms with van der Waals surface area (Å²) >= 11 is 13.7. The number of hydrogen-bond donors (Lipinski definition) is 1. The lowest BCUT2D eigenvalue weighted by atomic mass is 10.3. The summed E-state index contributed by atoms with van der Waals surface area (Å²) in [4.78, 5) is 10.5. The Hall–Kier alpha value is -1.56. The van der Waals surface area contributed by atoms with Crippen molar-refractivity contribution in [3.8, 4) is 5.75 Å². The average Bonchev–Trinajstić information content (AvgIpc) is 2.79. The maximum atomic E-state index is 6.13. The van der Waals surface area contributed by atoms with Crippen LogP contribution in [0.2, 0.25) is 10.3 Å². The van der Waals surface area contributed by atoms with Crippen LogP contribution >= 0.6 is 34.5 Å². The number of rotatable bonds is 3. The number of nitrogens with one attached hydrogen (secondary N) is 1. The van der Waals surface area contributed by atoms with Gasteiger partial charge in [0.05, 0.1) is 17.5 Å². The second-order valence-electron chi connectivity index (χ2n) is 4.39. The van der Waals surface area contributed by atoms with Crippen LogP contribution in [0.5, 0.6) is 5.75 Å². The minimum atomic E-state index is 0.214. The van der Waals surface area contributed by atoms with E-state index in [0.717, 1.165) is 20.8 Å². The quantitative estimate of drug-likeness (QED) is 0.677. The van der Waals surface area contributed by atoms with Crippen molar-refractivity contribution < 1.29 is 4.74 Å². The third-order valence-electron chi connectivity index (χ3n) is 2.90. The molecule has 2 heterocycles. The molecule has 0 unspecified atom stereocenters. The lowest BCUT2D eigenvalue weighted by Gasteiger charge is -2.09. The summed E-state index contributed by atoms with van der Waals surface area (Å²) in [6.45, 7) is 2.02. The Morgan fingerprint density at radius 2 is 2.00 bits per heavy atom. The number of anilines is 2. The fourth-order valence-electron chi connectivity index (χ4n) is 1.99. The fraction of sp³-hybridized carbons (Fsp3) is 0.143. The summed E-state index contributed by atoms with van der Waals surface area (Å²) in [6, 6.07) is 7.47. The van der Waals surface area contributed by atoms with Crippen molar-refractivity contribution in [2.75, 3.05) is 12.4 Å². The molecule has 1 aromatic carbocycles. The Labute approximate surface area is 135 Å². The highest BCUT2D eigenvalue weighted by Crippen LogP contribution is 2.33. The molecular weight excluding hydrogens is 329 g/mol. The molecule has 0 atom stereocenters. The van der Waals surface area contributed by atoms with Crippen molar-refractivity contribution in [1.82, 2.24) is 9.97 Å². The Morgan fingerprint density at radius 3 is 2.71 bits per heavy atom. The van der Waals surface area contributed by atoms with Crippen LogP contribution in [0.4, 0.5) is 11.5 Å². The molecule has 3 rings (SSSR count). The molecule has 0 aliphatic heterocycles. The molecule has 0 spiro atoms. The molecule has 0 bridgehead atoms. The first-order valence-electron chi connectivity index (χ1n) is 6.11. The maximum absolute atomic E-state index is 6.13. The number of halogens is 2. The molecule has 0 radical (unpaired) electrons. The molecule has 4 nitrogen and oxygen atoms in total. The summed E-state index contributed by atoms with van der Waals surface area (Å²) in [5, 5.41) is 4.91. The first-order chi connectivity index (χ1) is 10.1. The third kappa shape index (κ3) is 2.90. The molecule has 108 valence electrons. The molecule has 0 saturated heterocycles. The van der Waals surface area contributed by atoms with E-state index in [4.69, 9.17) is 27.9 Å². The van der Waals surface area contributed by atoms with Crippen LogP contribution < -0.4 is 10.1 Å². The van der Waals surface area contributed by atoms with Gasteiger partial charge in [-0.25, -0.2) is 4.98 Å². The Balaban J connectivity index is 2.03. The number of methoxy groups -OCH3 is 1. The minimum Gasteiger partial charge on any atom is -0.495 e. The maximum Gasteiger partial charge on any atom is 0.225 e. The first kappa shape index (κ1) is 14.4. The van der Waals surface area contributed by atoms with Gasteiger partial charge in [0.15, 0.2) is 0 Å². The van der Waals surface area contributed by atoms with E-state index in [1.807, 2.05) is 19.1 Å². The summed E-state index contributed by atoms with van der Waals surface area (Å²) in [5.74, 6) is 1.29. The zero-order valence-corrected chi connectivity index (χ0v) is 13.6. The minimum absolute atomic E-state index is 0.214. The fourth-order valence-corrected chi connectivity index (χ4v) is 3.35. The van der Waals surface area contributed by atoms with Crippen molar-refractivity contribution >= 4 is 56.3 Å². The van der Waals surface area contributed by atoms with E-state index in [0.29, 0.717) is 16.6 Å². The van der Waals surface area contributed by atoms with E-state index in [1.54, 1.807) is 30.6 Å². The lowest BCUT2D eigenvalue weighted by Crippen LogP contribution is -1.96. The van der Waals surface area contributed by atoms with E-state index in [1.165, 1.54) is 0 Å². The van der Waals surface area contributed by atoms with Gasteiger partial charge in [-0.3, -0.25) is 0 Å². The second-order valence-corrected chi connectivity index (χ2v) is 6.37. The smallest absolute Gasteiger partial charge is 0.225 e. The average molecular weight is 340 g/mol. The Kier molecular flexibility index (Phi) is 3.89. The number of aryl methyl sites for hydroxylation is 1. The van der Waals surface area contributed by atoms with Crippen molar-refractivity contribution in [2.24, 2.45) is 0 Å². The van der Waals surface area contributed by atoms with Crippen LogP contribution in [0.3, 0.4) is 0 Å². The number of aromatic nitrogens is 2. The SMILES string of the molecule is COc1ccc(Nc2nc(Cl)nc3sc(C)cc23)cc1Cl. The van der Waals surface area contributed by atoms with Gasteiger partial charge >= 0.3 is 0 Å². The first-order valence-corrected chi connectivity index (χ1v) is 7.68. The standard InChI is InChI=1S/C14H11Cl2N3OS/c1-7-5-9-12(18-14(16)19-13(9)21-7)17-8-3-4-11(20-2)10(15)6-8/h3-6H,1-2H3,(H,17,18,19). The second kappa shape index (κ2) is 5.67. The summed E-state index contributed by atoms with van der Waals surface area (Å²) in [6.07, 6.45) is 0. The van der Waals surface area contributed by atoms with Crippen molar-refractivity contribution in [3.63, 3.8) is 0 Å². The number of thiophene rings is 1. The summed E-state index contributed by atoms with van der Waals surface area (Å²) in [5.41, 5.74) is 0.806. The van der Waals surface area contributed by atoms with Gasteiger partial charge in [0, 0.05) is 10.6 Å². The zero-order valence-electron chi connectivity index (χ0n) is 11.3. The highest BCUT2D eigenvalue weighted by Gasteiger charge is 2.11. The van der Waals surface area contributed by atoms with Gasteiger partial charge in [-0.1, -0.05) is 11.6 Å². The highest BCUT2D eigenvalue weighted by atomic mass is 35.5. The van der Waals surface area contributed by atoms with Gasteiger partial charge in [0.25, 0.3) is 0 Å². The molecule has 0 aliphatic carbocycles. The molecule has 3 aromatic rings.